The molecule has 0 saturated carbocycles. The first-order valence-corrected chi connectivity index (χ1v) is 10.4. The van der Waals surface area contributed by atoms with Gasteiger partial charge in [0.25, 0.3) is 0 Å². The minimum atomic E-state index is -1.62. The van der Waals surface area contributed by atoms with Gasteiger partial charge in [0.05, 0.1) is 0 Å². The van der Waals surface area contributed by atoms with E-state index in [-0.39, 0.29) is 35.1 Å². The molecule has 3 aromatic rings. The van der Waals surface area contributed by atoms with Crippen molar-refractivity contribution in [3.63, 3.8) is 0 Å². The van der Waals surface area contributed by atoms with Gasteiger partial charge in [0.1, 0.15) is 17.5 Å². The zero-order chi connectivity index (χ0) is 23.0. The number of unbranched alkanes of at least 4 members (excludes halogenated alkanes) is 1. The third-order valence-corrected chi connectivity index (χ3v) is 5.79. The molecule has 0 N–H and O–H groups in total. The number of fused-ring (bicyclic) bond motifs is 1. The predicted molar refractivity (Wildman–Crippen MR) is 113 cm³/mol. The Kier molecular flexibility index (Phi) is 6.13. The van der Waals surface area contributed by atoms with Crippen LogP contribution >= 0.6 is 0 Å². The van der Waals surface area contributed by atoms with E-state index in [0.717, 1.165) is 25.0 Å². The van der Waals surface area contributed by atoms with Crippen LogP contribution in [-0.4, -0.2) is 0 Å². The fourth-order valence-electron chi connectivity index (χ4n) is 4.13. The van der Waals surface area contributed by atoms with E-state index in [0.29, 0.717) is 23.1 Å². The maximum absolute atomic E-state index is 15.1. The van der Waals surface area contributed by atoms with E-state index < -0.39 is 34.9 Å². The van der Waals surface area contributed by atoms with Gasteiger partial charge in [0.15, 0.2) is 17.5 Å². The van der Waals surface area contributed by atoms with Gasteiger partial charge in [-0.2, -0.15) is 0 Å². The molecular weight excluding hydrogens is 426 g/mol. The van der Waals surface area contributed by atoms with Crippen LogP contribution in [0.25, 0.3) is 22.8 Å². The lowest BCUT2D eigenvalue weighted by Crippen LogP contribution is -2.06. The molecule has 0 aromatic heterocycles. The number of rotatable bonds is 5. The van der Waals surface area contributed by atoms with Crippen LogP contribution in [0.15, 0.2) is 36.4 Å². The first-order valence-electron chi connectivity index (χ1n) is 10.4. The summed E-state index contributed by atoms with van der Waals surface area (Å²) in [5, 5.41) is 0. The van der Waals surface area contributed by atoms with Crippen LogP contribution in [-0.2, 0) is 12.8 Å². The molecule has 6 heteroatoms. The summed E-state index contributed by atoms with van der Waals surface area (Å²) in [7, 11) is 0. The average Bonchev–Trinajstić information content (AvgIpc) is 2.75. The van der Waals surface area contributed by atoms with Gasteiger partial charge in [-0.15, -0.1) is 0 Å². The second-order valence-corrected chi connectivity index (χ2v) is 7.96. The quantitative estimate of drug-likeness (QED) is 0.275. The summed E-state index contributed by atoms with van der Waals surface area (Å²) in [6, 6.07) is 6.99. The van der Waals surface area contributed by atoms with Crippen molar-refractivity contribution in [1.29, 1.82) is 0 Å². The molecule has 0 unspecified atom stereocenters. The van der Waals surface area contributed by atoms with Crippen LogP contribution in [0, 0.1) is 34.9 Å². The van der Waals surface area contributed by atoms with E-state index in [1.54, 1.807) is 0 Å². The van der Waals surface area contributed by atoms with E-state index in [4.69, 9.17) is 0 Å². The van der Waals surface area contributed by atoms with Crippen molar-refractivity contribution in [2.45, 2.75) is 39.0 Å². The normalized spacial score (nSPS) is 13.2. The summed E-state index contributed by atoms with van der Waals surface area (Å²) in [5.41, 5.74) is 1.40. The molecule has 1 aliphatic rings. The van der Waals surface area contributed by atoms with Crippen molar-refractivity contribution in [3.05, 3.63) is 93.6 Å². The smallest absolute Gasteiger partial charge is 0.194 e. The van der Waals surface area contributed by atoms with Gasteiger partial charge in [-0.25, -0.2) is 26.3 Å². The predicted octanol–water partition coefficient (Wildman–Crippen LogP) is 8.02. The molecule has 32 heavy (non-hydrogen) atoms. The van der Waals surface area contributed by atoms with E-state index >= 15 is 4.39 Å². The Morgan fingerprint density at radius 2 is 1.41 bits per heavy atom. The first kappa shape index (κ1) is 22.2. The highest BCUT2D eigenvalue weighted by molar-refractivity contribution is 5.86. The Labute approximate surface area is 182 Å². The third-order valence-electron chi connectivity index (χ3n) is 5.79. The minimum absolute atomic E-state index is 0.0731. The lowest BCUT2D eigenvalue weighted by atomic mass is 9.85. The van der Waals surface area contributed by atoms with E-state index in [1.165, 1.54) is 30.3 Å². The van der Waals surface area contributed by atoms with Crippen molar-refractivity contribution < 1.29 is 26.3 Å². The topological polar surface area (TPSA) is 0 Å². The van der Waals surface area contributed by atoms with Crippen LogP contribution in [0.4, 0.5) is 26.3 Å². The Balaban J connectivity index is 1.72. The molecule has 4 rings (SSSR count). The highest BCUT2D eigenvalue weighted by Crippen LogP contribution is 2.37. The Morgan fingerprint density at radius 1 is 0.750 bits per heavy atom. The minimum Gasteiger partial charge on any atom is -0.206 e. The zero-order valence-electron chi connectivity index (χ0n) is 17.3. The maximum Gasteiger partial charge on any atom is 0.194 e. The largest absolute Gasteiger partial charge is 0.206 e. The molecule has 0 nitrogen and oxygen atoms in total. The molecular formula is C26H20F6. The fourth-order valence-corrected chi connectivity index (χ4v) is 4.13. The van der Waals surface area contributed by atoms with Gasteiger partial charge in [-0.1, -0.05) is 31.6 Å². The van der Waals surface area contributed by atoms with Crippen molar-refractivity contribution >= 4 is 11.6 Å². The first-order chi connectivity index (χ1) is 15.3. The number of aryl methyl sites for hydroxylation is 1. The molecule has 0 heterocycles. The molecule has 0 bridgehead atoms. The summed E-state index contributed by atoms with van der Waals surface area (Å²) in [6.07, 6.45) is 4.22. The third kappa shape index (κ3) is 4.06. The molecule has 0 spiro atoms. The molecule has 1 aliphatic carbocycles. The van der Waals surface area contributed by atoms with Crippen LogP contribution < -0.4 is 0 Å². The second-order valence-electron chi connectivity index (χ2n) is 7.96. The highest BCUT2D eigenvalue weighted by atomic mass is 19.2. The summed E-state index contributed by atoms with van der Waals surface area (Å²) in [5.74, 6) is -6.44. The number of hydrogen-bond donors (Lipinski definition) is 0. The standard InChI is InChI=1S/C26H20F6/c1-2-3-4-14-9-20(27)24(21(28)10-14)16-6-8-18-15(11-16)5-7-19(25(18)31)17-12-22(29)26(32)23(30)13-17/h5,7,9-13H,2-4,6,8H2,1H3. The molecule has 3 aromatic carbocycles. The number of halogens is 6. The lowest BCUT2D eigenvalue weighted by molar-refractivity contribution is 0.447. The van der Waals surface area contributed by atoms with Crippen molar-refractivity contribution in [2.75, 3.05) is 0 Å². The summed E-state index contributed by atoms with van der Waals surface area (Å²) in [6.45, 7) is 2.00. The van der Waals surface area contributed by atoms with Crippen molar-refractivity contribution in [2.24, 2.45) is 0 Å². The SMILES string of the molecule is CCCCc1cc(F)c(C2=Cc3ccc(-c4cc(F)c(F)c(F)c4)c(F)c3CC2)c(F)c1. The fraction of sp³-hybridized carbons (Fsp3) is 0.231. The van der Waals surface area contributed by atoms with Gasteiger partial charge in [-0.05, 0) is 77.8 Å². The molecule has 0 amide bonds. The molecule has 0 fully saturated rings. The molecule has 0 saturated heterocycles. The Morgan fingerprint density at radius 3 is 2.03 bits per heavy atom. The molecule has 0 aliphatic heterocycles. The Hall–Kier alpha value is -3.02. The van der Waals surface area contributed by atoms with Crippen molar-refractivity contribution in [3.8, 4) is 11.1 Å². The van der Waals surface area contributed by atoms with Gasteiger partial charge >= 0.3 is 0 Å². The summed E-state index contributed by atoms with van der Waals surface area (Å²) >= 11 is 0. The maximum atomic E-state index is 15.1. The number of allylic oxidation sites excluding steroid dienone is 1. The number of benzene rings is 3. The summed E-state index contributed by atoms with van der Waals surface area (Å²) < 4.78 is 85.0. The van der Waals surface area contributed by atoms with Gasteiger partial charge in [-0.3, -0.25) is 0 Å². The zero-order valence-corrected chi connectivity index (χ0v) is 17.3. The lowest BCUT2D eigenvalue weighted by Gasteiger charge is -2.20. The van der Waals surface area contributed by atoms with Crippen LogP contribution in [0.3, 0.4) is 0 Å². The number of hydrogen-bond acceptors (Lipinski definition) is 0. The molecule has 166 valence electrons. The van der Waals surface area contributed by atoms with Crippen LogP contribution in [0.1, 0.15) is 48.4 Å². The Bertz CT molecular complexity index is 1180. The van der Waals surface area contributed by atoms with Crippen LogP contribution in [0.5, 0.6) is 0 Å². The van der Waals surface area contributed by atoms with E-state index in [2.05, 4.69) is 0 Å². The van der Waals surface area contributed by atoms with E-state index in [1.807, 2.05) is 6.92 Å². The van der Waals surface area contributed by atoms with Gasteiger partial charge < -0.3 is 0 Å². The van der Waals surface area contributed by atoms with Crippen LogP contribution in [0.2, 0.25) is 0 Å². The summed E-state index contributed by atoms with van der Waals surface area (Å²) in [4.78, 5) is 0. The molecule has 0 radical (unpaired) electrons. The molecule has 0 atom stereocenters. The van der Waals surface area contributed by atoms with Gasteiger partial charge in [0.2, 0.25) is 0 Å². The average molecular weight is 446 g/mol. The van der Waals surface area contributed by atoms with Crippen molar-refractivity contribution in [1.82, 2.24) is 0 Å². The van der Waals surface area contributed by atoms with E-state index in [9.17, 15) is 22.0 Å². The second kappa shape index (κ2) is 8.85. The van der Waals surface area contributed by atoms with Gasteiger partial charge in [0, 0.05) is 11.1 Å². The monoisotopic (exact) mass is 446 g/mol. The highest BCUT2D eigenvalue weighted by Gasteiger charge is 2.23.